The molecule has 2 aromatic carbocycles. The highest BCUT2D eigenvalue weighted by atomic mass is 35.5. The molecule has 1 heterocycles. The van der Waals surface area contributed by atoms with E-state index in [1.54, 1.807) is 11.0 Å². The van der Waals surface area contributed by atoms with Gasteiger partial charge < -0.3 is 10.2 Å². The van der Waals surface area contributed by atoms with E-state index in [4.69, 9.17) is 11.6 Å². The molecule has 2 aromatic rings. The van der Waals surface area contributed by atoms with E-state index in [0.717, 1.165) is 16.8 Å². The van der Waals surface area contributed by atoms with Gasteiger partial charge in [-0.1, -0.05) is 35.9 Å². The van der Waals surface area contributed by atoms with Crippen molar-refractivity contribution in [2.24, 2.45) is 0 Å². The van der Waals surface area contributed by atoms with Crippen LogP contribution in [0.2, 0.25) is 5.02 Å². The van der Waals surface area contributed by atoms with Crippen LogP contribution in [-0.2, 0) is 9.59 Å². The molecule has 0 aliphatic carbocycles. The zero-order valence-corrected chi connectivity index (χ0v) is 17.9. The van der Waals surface area contributed by atoms with E-state index in [1.807, 2.05) is 36.9 Å². The van der Waals surface area contributed by atoms with Crippen molar-refractivity contribution in [1.82, 2.24) is 9.80 Å². The van der Waals surface area contributed by atoms with Gasteiger partial charge in [0.15, 0.2) is 0 Å². The van der Waals surface area contributed by atoms with Gasteiger partial charge in [-0.25, -0.2) is 4.39 Å². The van der Waals surface area contributed by atoms with Gasteiger partial charge in [0.2, 0.25) is 11.8 Å². The molecule has 158 valence electrons. The Morgan fingerprint density at radius 3 is 2.33 bits per heavy atom. The lowest BCUT2D eigenvalue weighted by Gasteiger charge is -2.33. The summed E-state index contributed by atoms with van der Waals surface area (Å²) in [6.07, 6.45) is 2.75. The molecule has 1 aliphatic rings. The lowest BCUT2D eigenvalue weighted by Crippen LogP contribution is -2.50. The first kappa shape index (κ1) is 22.0. The van der Waals surface area contributed by atoms with Crippen LogP contribution in [0.4, 0.5) is 10.1 Å². The number of halogens is 2. The fourth-order valence-electron chi connectivity index (χ4n) is 3.45. The average Bonchev–Trinajstić information content (AvgIpc) is 2.71. The van der Waals surface area contributed by atoms with Crippen LogP contribution in [0.3, 0.4) is 0 Å². The van der Waals surface area contributed by atoms with Crippen LogP contribution in [0.25, 0.3) is 6.08 Å². The Kier molecular flexibility index (Phi) is 7.24. The number of anilines is 1. The van der Waals surface area contributed by atoms with Crippen molar-refractivity contribution < 1.29 is 14.0 Å². The molecule has 1 fully saturated rings. The minimum Gasteiger partial charge on any atom is -0.337 e. The molecule has 0 bridgehead atoms. The molecule has 0 unspecified atom stereocenters. The Morgan fingerprint density at radius 1 is 1.07 bits per heavy atom. The quantitative estimate of drug-likeness (QED) is 0.733. The highest BCUT2D eigenvalue weighted by Crippen LogP contribution is 2.21. The molecule has 0 atom stereocenters. The first-order chi connectivity index (χ1) is 14.3. The second-order valence-electron chi connectivity index (χ2n) is 7.39. The number of hydrogen-bond donors (Lipinski definition) is 1. The Morgan fingerprint density at radius 2 is 1.70 bits per heavy atom. The minimum absolute atomic E-state index is 0.0683. The summed E-state index contributed by atoms with van der Waals surface area (Å²) < 4.78 is 13.8. The zero-order valence-electron chi connectivity index (χ0n) is 17.1. The summed E-state index contributed by atoms with van der Waals surface area (Å²) in [6, 6.07) is 10.3. The van der Waals surface area contributed by atoms with E-state index in [0.29, 0.717) is 26.2 Å². The highest BCUT2D eigenvalue weighted by molar-refractivity contribution is 6.32. The summed E-state index contributed by atoms with van der Waals surface area (Å²) in [5.74, 6) is -0.735. The van der Waals surface area contributed by atoms with Crippen LogP contribution >= 0.6 is 11.6 Å². The lowest BCUT2D eigenvalue weighted by atomic mass is 10.1. The predicted molar refractivity (Wildman–Crippen MR) is 118 cm³/mol. The lowest BCUT2D eigenvalue weighted by molar-refractivity contribution is -0.127. The summed E-state index contributed by atoms with van der Waals surface area (Å²) in [4.78, 5) is 28.5. The van der Waals surface area contributed by atoms with Crippen molar-refractivity contribution in [2.45, 2.75) is 13.8 Å². The summed E-state index contributed by atoms with van der Waals surface area (Å²) in [5, 5.41) is 3.25. The van der Waals surface area contributed by atoms with Crippen LogP contribution in [0, 0.1) is 19.7 Å². The number of amides is 2. The molecule has 0 saturated carbocycles. The third-order valence-corrected chi connectivity index (χ3v) is 5.52. The molecule has 0 aromatic heterocycles. The van der Waals surface area contributed by atoms with Gasteiger partial charge in [0.05, 0.1) is 11.6 Å². The monoisotopic (exact) mass is 429 g/mol. The van der Waals surface area contributed by atoms with Crippen LogP contribution < -0.4 is 5.32 Å². The van der Waals surface area contributed by atoms with Gasteiger partial charge in [0.25, 0.3) is 0 Å². The number of nitrogens with one attached hydrogen (secondary N) is 1. The average molecular weight is 430 g/mol. The molecule has 3 rings (SSSR count). The van der Waals surface area contributed by atoms with Gasteiger partial charge >= 0.3 is 0 Å². The maximum absolute atomic E-state index is 13.8. The molecule has 1 saturated heterocycles. The van der Waals surface area contributed by atoms with Gasteiger partial charge in [-0.15, -0.1) is 0 Å². The number of para-hydroxylation sites is 1. The number of nitrogens with zero attached hydrogens (tertiary/aromatic N) is 2. The molecule has 1 aliphatic heterocycles. The summed E-state index contributed by atoms with van der Waals surface area (Å²) in [5.41, 5.74) is 3.11. The fraction of sp³-hybridized carbons (Fsp3) is 0.304. The molecule has 7 heteroatoms. The Hall–Kier alpha value is -2.70. The normalized spacial score (nSPS) is 14.9. The number of hydrogen-bond acceptors (Lipinski definition) is 3. The maximum atomic E-state index is 13.8. The summed E-state index contributed by atoms with van der Waals surface area (Å²) in [6.45, 7) is 6.41. The van der Waals surface area contributed by atoms with Gasteiger partial charge in [-0.3, -0.25) is 14.5 Å². The van der Waals surface area contributed by atoms with E-state index >= 15 is 0 Å². The standard InChI is InChI=1S/C23H25ClFN3O2/c1-16-5-3-6-17(2)23(16)26-21(29)15-27-11-13-28(14-12-27)22(30)10-9-18-19(24)7-4-8-20(18)25/h3-10H,11-15H2,1-2H3,(H,26,29). The van der Waals surface area contributed by atoms with Crippen molar-refractivity contribution >= 4 is 35.2 Å². The Labute approximate surface area is 181 Å². The van der Waals surface area contributed by atoms with E-state index < -0.39 is 5.82 Å². The van der Waals surface area contributed by atoms with Crippen LogP contribution in [0.1, 0.15) is 16.7 Å². The van der Waals surface area contributed by atoms with Gasteiger partial charge in [0, 0.05) is 43.5 Å². The molecule has 0 radical (unpaired) electrons. The van der Waals surface area contributed by atoms with Crippen molar-refractivity contribution in [3.05, 3.63) is 70.0 Å². The van der Waals surface area contributed by atoms with Crippen LogP contribution in [0.15, 0.2) is 42.5 Å². The maximum Gasteiger partial charge on any atom is 0.246 e. The number of carbonyl (C=O) groups is 2. The van der Waals surface area contributed by atoms with E-state index in [9.17, 15) is 14.0 Å². The van der Waals surface area contributed by atoms with Gasteiger partial charge in [0.1, 0.15) is 5.82 Å². The third kappa shape index (κ3) is 5.46. The second-order valence-corrected chi connectivity index (χ2v) is 7.79. The minimum atomic E-state index is -0.466. The first-order valence-electron chi connectivity index (χ1n) is 9.84. The number of aryl methyl sites for hydroxylation is 2. The van der Waals surface area contributed by atoms with E-state index in [-0.39, 0.29) is 28.9 Å². The summed E-state index contributed by atoms with van der Waals surface area (Å²) in [7, 11) is 0. The van der Waals surface area contributed by atoms with E-state index in [2.05, 4.69) is 5.32 Å². The topological polar surface area (TPSA) is 52.7 Å². The van der Waals surface area contributed by atoms with Crippen molar-refractivity contribution in [3.8, 4) is 0 Å². The molecular weight excluding hydrogens is 405 g/mol. The Bertz CT molecular complexity index is 928. The van der Waals surface area contributed by atoms with Crippen LogP contribution in [0.5, 0.6) is 0 Å². The summed E-state index contributed by atoms with van der Waals surface area (Å²) >= 11 is 5.98. The fourth-order valence-corrected chi connectivity index (χ4v) is 3.68. The first-order valence-corrected chi connectivity index (χ1v) is 10.2. The second kappa shape index (κ2) is 9.87. The largest absolute Gasteiger partial charge is 0.337 e. The predicted octanol–water partition coefficient (Wildman–Crippen LogP) is 3.89. The molecule has 1 N–H and O–H groups in total. The number of benzene rings is 2. The molecule has 0 spiro atoms. The SMILES string of the molecule is Cc1cccc(C)c1NC(=O)CN1CCN(C(=O)C=Cc2c(F)cccc2Cl)CC1. The third-order valence-electron chi connectivity index (χ3n) is 5.19. The van der Waals surface area contributed by atoms with Gasteiger partial charge in [-0.05, 0) is 43.2 Å². The Balaban J connectivity index is 1.50. The van der Waals surface area contributed by atoms with E-state index in [1.165, 1.54) is 24.3 Å². The number of piperazine rings is 1. The zero-order chi connectivity index (χ0) is 21.7. The smallest absolute Gasteiger partial charge is 0.246 e. The van der Waals surface area contributed by atoms with Crippen LogP contribution in [-0.4, -0.2) is 54.3 Å². The highest BCUT2D eigenvalue weighted by Gasteiger charge is 2.21. The molecule has 2 amide bonds. The van der Waals surface area contributed by atoms with Crippen molar-refractivity contribution in [3.63, 3.8) is 0 Å². The molecule has 30 heavy (non-hydrogen) atoms. The molecule has 5 nitrogen and oxygen atoms in total. The number of carbonyl (C=O) groups excluding carboxylic acids is 2. The van der Waals surface area contributed by atoms with Crippen molar-refractivity contribution in [1.29, 1.82) is 0 Å². The van der Waals surface area contributed by atoms with Gasteiger partial charge in [-0.2, -0.15) is 0 Å². The van der Waals surface area contributed by atoms with Crippen molar-refractivity contribution in [2.75, 3.05) is 38.0 Å². The molecular formula is C23H25ClFN3O2. The number of rotatable bonds is 5.